The number of methoxy groups -OCH3 is 1. The molecule has 0 unspecified atom stereocenters. The zero-order valence-electron chi connectivity index (χ0n) is 16.6. The second-order valence-electron chi connectivity index (χ2n) is 7.00. The van der Waals surface area contributed by atoms with E-state index in [-0.39, 0.29) is 32.6 Å². The van der Waals surface area contributed by atoms with E-state index in [9.17, 15) is 13.2 Å². The van der Waals surface area contributed by atoms with Crippen LogP contribution in [0.15, 0.2) is 51.2 Å². The maximum atomic E-state index is 13.3. The van der Waals surface area contributed by atoms with Crippen molar-refractivity contribution in [2.75, 3.05) is 51.4 Å². The Balaban J connectivity index is 1.79. The third-order valence-corrected chi connectivity index (χ3v) is 7.07. The first kappa shape index (κ1) is 20.5. The summed E-state index contributed by atoms with van der Waals surface area (Å²) in [5.74, 6) is -0.0336. The van der Waals surface area contributed by atoms with Gasteiger partial charge in [0.2, 0.25) is 15.7 Å². The lowest BCUT2D eigenvalue weighted by atomic mass is 10.00. The second-order valence-corrected chi connectivity index (χ2v) is 8.89. The lowest BCUT2D eigenvalue weighted by Crippen LogP contribution is -2.36. The number of nitrogens with two attached hydrogens (primary N) is 1. The number of benzene rings is 2. The molecule has 0 radical (unpaired) electrons. The summed E-state index contributed by atoms with van der Waals surface area (Å²) in [6.45, 7) is 3.28. The molecular formula is C21H23N3O5S. The molecule has 2 heterocycles. The minimum absolute atomic E-state index is 0.0204. The quantitative estimate of drug-likeness (QED) is 0.491. The summed E-state index contributed by atoms with van der Waals surface area (Å²) in [6, 6.07) is 9.53. The van der Waals surface area contributed by atoms with E-state index in [4.69, 9.17) is 15.2 Å². The third kappa shape index (κ3) is 3.49. The molecule has 158 valence electrons. The van der Waals surface area contributed by atoms with Crippen LogP contribution in [-0.2, 0) is 19.3 Å². The smallest absolute Gasteiger partial charge is 0.215 e. The van der Waals surface area contributed by atoms with E-state index in [1.165, 1.54) is 25.3 Å². The zero-order chi connectivity index (χ0) is 21.3. The number of morpholine rings is 1. The number of sulfone groups is 1. The van der Waals surface area contributed by atoms with Crippen LogP contribution in [0.25, 0.3) is 0 Å². The van der Waals surface area contributed by atoms with E-state index in [0.717, 1.165) is 5.69 Å². The monoisotopic (exact) mass is 429 g/mol. The van der Waals surface area contributed by atoms with Crippen molar-refractivity contribution in [3.63, 3.8) is 0 Å². The van der Waals surface area contributed by atoms with Crippen molar-refractivity contribution in [1.29, 1.82) is 0 Å². The van der Waals surface area contributed by atoms with Crippen LogP contribution < -0.4 is 10.6 Å². The van der Waals surface area contributed by atoms with E-state index >= 15 is 0 Å². The van der Waals surface area contributed by atoms with Crippen molar-refractivity contribution in [2.45, 2.75) is 9.79 Å². The van der Waals surface area contributed by atoms with Gasteiger partial charge in [0.05, 0.1) is 36.7 Å². The predicted octanol–water partition coefficient (Wildman–Crippen LogP) is 1.25. The summed E-state index contributed by atoms with van der Waals surface area (Å²) in [5, 5.41) is 0. The summed E-state index contributed by atoms with van der Waals surface area (Å²) in [4.78, 5) is 19.5. The molecule has 0 aliphatic carbocycles. The summed E-state index contributed by atoms with van der Waals surface area (Å²) in [7, 11) is -2.41. The van der Waals surface area contributed by atoms with Gasteiger partial charge in [-0.05, 0) is 36.4 Å². The number of aliphatic imine (C=N–C) groups is 1. The van der Waals surface area contributed by atoms with Gasteiger partial charge >= 0.3 is 0 Å². The number of hydrogen-bond donors (Lipinski definition) is 1. The van der Waals surface area contributed by atoms with Crippen LogP contribution in [0.5, 0.6) is 0 Å². The van der Waals surface area contributed by atoms with Crippen molar-refractivity contribution < 1.29 is 22.7 Å². The normalized spacial score (nSPS) is 18.0. The molecule has 4 rings (SSSR count). The molecule has 30 heavy (non-hydrogen) atoms. The molecule has 2 aliphatic rings. The van der Waals surface area contributed by atoms with E-state index in [0.29, 0.717) is 45.0 Å². The number of rotatable bonds is 4. The fourth-order valence-electron chi connectivity index (χ4n) is 3.72. The van der Waals surface area contributed by atoms with Gasteiger partial charge in [0.1, 0.15) is 0 Å². The molecule has 2 aromatic carbocycles. The van der Waals surface area contributed by atoms with Gasteiger partial charge in [0.25, 0.3) is 0 Å². The predicted molar refractivity (Wildman–Crippen MR) is 112 cm³/mol. The van der Waals surface area contributed by atoms with Gasteiger partial charge in [-0.2, -0.15) is 0 Å². The molecule has 0 amide bonds. The van der Waals surface area contributed by atoms with Crippen molar-refractivity contribution in [2.24, 2.45) is 10.7 Å². The molecule has 1 fully saturated rings. The van der Waals surface area contributed by atoms with Crippen LogP contribution >= 0.6 is 0 Å². The Morgan fingerprint density at radius 3 is 2.60 bits per heavy atom. The molecule has 0 spiro atoms. The van der Waals surface area contributed by atoms with Gasteiger partial charge in [-0.15, -0.1) is 0 Å². The van der Waals surface area contributed by atoms with Crippen molar-refractivity contribution in [3.8, 4) is 0 Å². The molecule has 9 heteroatoms. The van der Waals surface area contributed by atoms with Gasteiger partial charge in [-0.25, -0.2) is 13.4 Å². The number of carbonyl (C=O) groups is 1. The average molecular weight is 429 g/mol. The Labute approximate surface area is 175 Å². The maximum absolute atomic E-state index is 13.3. The summed E-state index contributed by atoms with van der Waals surface area (Å²) >= 11 is 0. The number of nitrogens with zero attached hydrogens (tertiary/aromatic N) is 2. The highest BCUT2D eigenvalue weighted by Gasteiger charge is 2.35. The molecule has 0 aromatic heterocycles. The van der Waals surface area contributed by atoms with Crippen molar-refractivity contribution in [1.82, 2.24) is 0 Å². The third-order valence-electron chi connectivity index (χ3n) is 5.21. The summed E-state index contributed by atoms with van der Waals surface area (Å²) in [6.07, 6.45) is 0. The number of anilines is 1. The number of ketones is 1. The van der Waals surface area contributed by atoms with Crippen molar-refractivity contribution in [3.05, 3.63) is 53.1 Å². The van der Waals surface area contributed by atoms with Gasteiger partial charge in [0, 0.05) is 42.0 Å². The van der Waals surface area contributed by atoms with Crippen LogP contribution in [0.1, 0.15) is 21.5 Å². The van der Waals surface area contributed by atoms with E-state index in [1.54, 1.807) is 18.2 Å². The average Bonchev–Trinajstić information content (AvgIpc) is 2.78. The fourth-order valence-corrected chi connectivity index (χ4v) is 5.37. The van der Waals surface area contributed by atoms with Crippen molar-refractivity contribution >= 4 is 27.2 Å². The zero-order valence-corrected chi connectivity index (χ0v) is 17.4. The van der Waals surface area contributed by atoms with Crippen LogP contribution in [0.2, 0.25) is 0 Å². The number of ether oxygens (including phenoxy) is 2. The number of hydrogen-bond acceptors (Lipinski definition) is 8. The maximum Gasteiger partial charge on any atom is 0.215 e. The van der Waals surface area contributed by atoms with E-state index in [2.05, 4.69) is 9.89 Å². The van der Waals surface area contributed by atoms with E-state index < -0.39 is 9.84 Å². The first-order valence-electron chi connectivity index (χ1n) is 9.67. The molecule has 0 saturated carbocycles. The summed E-state index contributed by atoms with van der Waals surface area (Å²) in [5.41, 5.74) is 7.13. The Hall–Kier alpha value is -2.75. The first-order valence-corrected chi connectivity index (χ1v) is 11.1. The minimum Gasteiger partial charge on any atom is -0.481 e. The topological polar surface area (TPSA) is 111 Å². The van der Waals surface area contributed by atoms with Crippen LogP contribution in [0.3, 0.4) is 0 Å². The van der Waals surface area contributed by atoms with Crippen LogP contribution in [0.4, 0.5) is 5.69 Å². The Kier molecular flexibility index (Phi) is 5.59. The minimum atomic E-state index is -3.87. The molecule has 8 nitrogen and oxygen atoms in total. The van der Waals surface area contributed by atoms with E-state index in [1.807, 2.05) is 0 Å². The highest BCUT2D eigenvalue weighted by atomic mass is 32.2. The molecule has 2 N–H and O–H groups in total. The molecule has 0 bridgehead atoms. The molecule has 2 aromatic rings. The molecule has 1 saturated heterocycles. The standard InChI is InChI=1S/C21H23N3O5S/c1-28-21(23-7-6-22)14-2-4-16-19(12-14)30(26,27)18-5-3-15(13-17(18)20(16)25)24-8-10-29-11-9-24/h2-5,12-13H,6-11,22H2,1H3. The largest absolute Gasteiger partial charge is 0.481 e. The molecule has 0 atom stereocenters. The highest BCUT2D eigenvalue weighted by molar-refractivity contribution is 7.91. The van der Waals surface area contributed by atoms with Gasteiger partial charge in [-0.1, -0.05) is 0 Å². The Bertz CT molecular complexity index is 1120. The van der Waals surface area contributed by atoms with Gasteiger partial charge in [-0.3, -0.25) is 4.79 Å². The SMILES string of the molecule is COC(=NCCN)c1ccc2c(c1)S(=O)(=O)c1ccc(N3CCOCC3)cc1C2=O. The second kappa shape index (κ2) is 8.17. The number of fused-ring (bicyclic) bond motifs is 2. The van der Waals surface area contributed by atoms with Crippen LogP contribution in [-0.4, -0.2) is 66.6 Å². The highest BCUT2D eigenvalue weighted by Crippen LogP contribution is 2.37. The Morgan fingerprint density at radius 1 is 1.13 bits per heavy atom. The molecular weight excluding hydrogens is 406 g/mol. The number of carbonyl (C=O) groups excluding carboxylic acids is 1. The van der Waals surface area contributed by atoms with Gasteiger partial charge in [0.15, 0.2) is 5.78 Å². The van der Waals surface area contributed by atoms with Crippen LogP contribution in [0, 0.1) is 0 Å². The van der Waals surface area contributed by atoms with Gasteiger partial charge < -0.3 is 20.1 Å². The lowest BCUT2D eigenvalue weighted by Gasteiger charge is -2.30. The fraction of sp³-hybridized carbons (Fsp3) is 0.333. The lowest BCUT2D eigenvalue weighted by molar-refractivity contribution is 0.103. The summed E-state index contributed by atoms with van der Waals surface area (Å²) < 4.78 is 37.3. The molecule has 2 aliphatic heterocycles. The Morgan fingerprint density at radius 2 is 1.90 bits per heavy atom. The first-order chi connectivity index (χ1) is 14.5.